The number of rotatable bonds is 3. The number of aliphatic hydroxyl groups excluding tert-OH is 1. The Morgan fingerprint density at radius 2 is 1.89 bits per heavy atom. The van der Waals surface area contributed by atoms with Gasteiger partial charge in [0.15, 0.2) is 0 Å². The van der Waals surface area contributed by atoms with E-state index in [2.05, 4.69) is 29.8 Å². The van der Waals surface area contributed by atoms with Crippen molar-refractivity contribution in [2.45, 2.75) is 45.8 Å². The van der Waals surface area contributed by atoms with E-state index >= 15 is 0 Å². The third kappa shape index (κ3) is 3.48. The molecule has 0 aromatic heterocycles. The molecule has 3 heteroatoms. The first kappa shape index (κ1) is 13.9. The van der Waals surface area contributed by atoms with Gasteiger partial charge in [0.1, 0.15) is 5.75 Å². The number of hydrogen-bond acceptors (Lipinski definition) is 2. The van der Waals surface area contributed by atoms with E-state index in [4.69, 9.17) is 9.84 Å². The van der Waals surface area contributed by atoms with E-state index in [9.17, 15) is 0 Å². The molecule has 100 valence electrons. The molecule has 1 aromatic carbocycles. The summed E-state index contributed by atoms with van der Waals surface area (Å²) < 4.78 is 7.03. The zero-order chi connectivity index (χ0) is 13.1. The fourth-order valence-corrected chi connectivity index (χ4v) is 3.41. The number of aliphatic hydroxyl groups is 1. The number of ether oxygens (including phenoxy) is 1. The van der Waals surface area contributed by atoms with Crippen LogP contribution in [0.5, 0.6) is 5.75 Å². The summed E-state index contributed by atoms with van der Waals surface area (Å²) in [6, 6.07) is 5.78. The maximum absolute atomic E-state index is 9.08. The summed E-state index contributed by atoms with van der Waals surface area (Å²) in [5, 5.41) is 9.08. The Labute approximate surface area is 117 Å². The van der Waals surface area contributed by atoms with Crippen LogP contribution in [0.2, 0.25) is 0 Å². The molecule has 1 aromatic rings. The summed E-state index contributed by atoms with van der Waals surface area (Å²) >= 11 is 3.51. The monoisotopic (exact) mass is 312 g/mol. The molecular weight excluding hydrogens is 292 g/mol. The molecule has 1 saturated carbocycles. The summed E-state index contributed by atoms with van der Waals surface area (Å²) in [6.07, 6.45) is 3.90. The molecule has 0 amide bonds. The van der Waals surface area contributed by atoms with Gasteiger partial charge < -0.3 is 9.84 Å². The van der Waals surface area contributed by atoms with E-state index in [0.29, 0.717) is 6.10 Å². The van der Waals surface area contributed by atoms with E-state index in [-0.39, 0.29) is 6.61 Å². The molecule has 2 rings (SSSR count). The number of hydrogen-bond donors (Lipinski definition) is 1. The van der Waals surface area contributed by atoms with Crippen LogP contribution in [0, 0.1) is 11.8 Å². The van der Waals surface area contributed by atoms with Crippen molar-refractivity contribution < 1.29 is 9.84 Å². The maximum Gasteiger partial charge on any atom is 0.133 e. The zero-order valence-corrected chi connectivity index (χ0v) is 12.6. The van der Waals surface area contributed by atoms with Crippen molar-refractivity contribution in [2.24, 2.45) is 11.8 Å². The molecule has 1 aliphatic carbocycles. The van der Waals surface area contributed by atoms with Crippen molar-refractivity contribution in [2.75, 3.05) is 0 Å². The highest BCUT2D eigenvalue weighted by molar-refractivity contribution is 9.10. The zero-order valence-electron chi connectivity index (χ0n) is 11.0. The lowest BCUT2D eigenvalue weighted by Crippen LogP contribution is -2.28. The molecule has 2 atom stereocenters. The maximum atomic E-state index is 9.08. The Morgan fingerprint density at radius 1 is 1.22 bits per heavy atom. The predicted molar refractivity (Wildman–Crippen MR) is 76.7 cm³/mol. The van der Waals surface area contributed by atoms with Crippen LogP contribution >= 0.6 is 15.9 Å². The molecule has 0 heterocycles. The standard InChI is InChI=1S/C15H21BrO2/c1-10-5-11(2)7-13(6-10)18-15-4-3-12(9-17)8-14(15)16/h3-4,8,10-11,13,17H,5-7,9H2,1-2H3. The van der Waals surface area contributed by atoms with Crippen LogP contribution in [-0.4, -0.2) is 11.2 Å². The van der Waals surface area contributed by atoms with Crippen LogP contribution < -0.4 is 4.74 Å². The Kier molecular flexibility index (Phi) is 4.68. The molecule has 2 nitrogen and oxygen atoms in total. The molecule has 0 aliphatic heterocycles. The molecular formula is C15H21BrO2. The Hall–Kier alpha value is -0.540. The first-order chi connectivity index (χ1) is 8.58. The van der Waals surface area contributed by atoms with Gasteiger partial charge in [-0.2, -0.15) is 0 Å². The lowest BCUT2D eigenvalue weighted by molar-refractivity contribution is 0.100. The van der Waals surface area contributed by atoms with Crippen molar-refractivity contribution >= 4 is 15.9 Å². The van der Waals surface area contributed by atoms with Crippen LogP contribution in [0.25, 0.3) is 0 Å². The van der Waals surface area contributed by atoms with Crippen molar-refractivity contribution in [3.8, 4) is 5.75 Å². The number of halogens is 1. The molecule has 1 aliphatic rings. The SMILES string of the molecule is CC1CC(C)CC(Oc2ccc(CO)cc2Br)C1. The minimum Gasteiger partial charge on any atom is -0.489 e. The molecule has 1 N–H and O–H groups in total. The molecule has 18 heavy (non-hydrogen) atoms. The van der Waals surface area contributed by atoms with Gasteiger partial charge in [-0.3, -0.25) is 0 Å². The minimum atomic E-state index is 0.0658. The smallest absolute Gasteiger partial charge is 0.133 e. The van der Waals surface area contributed by atoms with E-state index in [1.54, 1.807) is 0 Å². The summed E-state index contributed by atoms with van der Waals surface area (Å²) in [6.45, 7) is 4.67. The molecule has 1 fully saturated rings. The highest BCUT2D eigenvalue weighted by Crippen LogP contribution is 2.34. The average Bonchev–Trinajstić information content (AvgIpc) is 2.30. The normalized spacial score (nSPS) is 28.1. The van der Waals surface area contributed by atoms with Gasteiger partial charge in [0.2, 0.25) is 0 Å². The molecule has 0 bridgehead atoms. The second-order valence-electron chi connectivity index (χ2n) is 5.58. The highest BCUT2D eigenvalue weighted by Gasteiger charge is 2.25. The first-order valence-corrected chi connectivity index (χ1v) is 7.43. The average molecular weight is 313 g/mol. The second-order valence-corrected chi connectivity index (χ2v) is 6.43. The molecule has 0 spiro atoms. The Balaban J connectivity index is 2.04. The Morgan fingerprint density at radius 3 is 2.44 bits per heavy atom. The van der Waals surface area contributed by atoms with E-state index in [1.807, 2.05) is 18.2 Å². The van der Waals surface area contributed by atoms with Gasteiger partial charge in [-0.1, -0.05) is 19.9 Å². The third-order valence-electron chi connectivity index (χ3n) is 3.61. The second kappa shape index (κ2) is 6.07. The first-order valence-electron chi connectivity index (χ1n) is 6.64. The van der Waals surface area contributed by atoms with E-state index in [1.165, 1.54) is 6.42 Å². The Bertz CT molecular complexity index is 395. The van der Waals surface area contributed by atoms with Gasteiger partial charge in [0.25, 0.3) is 0 Å². The van der Waals surface area contributed by atoms with Gasteiger partial charge in [0.05, 0.1) is 17.2 Å². The quantitative estimate of drug-likeness (QED) is 0.908. The molecule has 0 radical (unpaired) electrons. The minimum absolute atomic E-state index is 0.0658. The predicted octanol–water partition coefficient (Wildman–Crippen LogP) is 4.14. The lowest BCUT2D eigenvalue weighted by Gasteiger charge is -2.32. The largest absolute Gasteiger partial charge is 0.489 e. The third-order valence-corrected chi connectivity index (χ3v) is 4.23. The van der Waals surface area contributed by atoms with Gasteiger partial charge in [0, 0.05) is 0 Å². The van der Waals surface area contributed by atoms with Crippen molar-refractivity contribution in [1.29, 1.82) is 0 Å². The highest BCUT2D eigenvalue weighted by atomic mass is 79.9. The van der Waals surface area contributed by atoms with Crippen molar-refractivity contribution in [3.63, 3.8) is 0 Å². The van der Waals surface area contributed by atoms with Gasteiger partial charge >= 0.3 is 0 Å². The molecule has 2 unspecified atom stereocenters. The molecule has 0 saturated heterocycles. The van der Waals surface area contributed by atoms with Crippen LogP contribution in [0.1, 0.15) is 38.7 Å². The van der Waals surface area contributed by atoms with Crippen LogP contribution in [0.3, 0.4) is 0 Å². The fraction of sp³-hybridized carbons (Fsp3) is 0.600. The van der Waals surface area contributed by atoms with E-state index < -0.39 is 0 Å². The number of benzene rings is 1. The summed E-state index contributed by atoms with van der Waals surface area (Å²) in [7, 11) is 0. The lowest BCUT2D eigenvalue weighted by atomic mass is 9.82. The summed E-state index contributed by atoms with van der Waals surface area (Å²) in [5.74, 6) is 2.38. The van der Waals surface area contributed by atoms with Gasteiger partial charge in [-0.15, -0.1) is 0 Å². The van der Waals surface area contributed by atoms with Crippen LogP contribution in [-0.2, 0) is 6.61 Å². The topological polar surface area (TPSA) is 29.5 Å². The van der Waals surface area contributed by atoms with Crippen molar-refractivity contribution in [1.82, 2.24) is 0 Å². The fourth-order valence-electron chi connectivity index (χ4n) is 2.89. The summed E-state index contributed by atoms with van der Waals surface area (Å²) in [4.78, 5) is 0. The van der Waals surface area contributed by atoms with E-state index in [0.717, 1.165) is 40.5 Å². The van der Waals surface area contributed by atoms with Crippen LogP contribution in [0.4, 0.5) is 0 Å². The van der Waals surface area contributed by atoms with Gasteiger partial charge in [-0.25, -0.2) is 0 Å². The van der Waals surface area contributed by atoms with Gasteiger partial charge in [-0.05, 0) is 64.7 Å². The van der Waals surface area contributed by atoms with Crippen molar-refractivity contribution in [3.05, 3.63) is 28.2 Å². The summed E-state index contributed by atoms with van der Waals surface area (Å²) in [5.41, 5.74) is 0.902. The van der Waals surface area contributed by atoms with Crippen LogP contribution in [0.15, 0.2) is 22.7 Å².